The predicted octanol–water partition coefficient (Wildman–Crippen LogP) is 4.14. The van der Waals surface area contributed by atoms with E-state index in [2.05, 4.69) is 10.3 Å². The molecule has 3 amide bonds. The summed E-state index contributed by atoms with van der Waals surface area (Å²) in [5.41, 5.74) is 1.88. The zero-order valence-electron chi connectivity index (χ0n) is 27.2. The van der Waals surface area contributed by atoms with E-state index in [1.165, 1.54) is 4.90 Å². The topological polar surface area (TPSA) is 140 Å². The zero-order valence-corrected chi connectivity index (χ0v) is 28.2. The van der Waals surface area contributed by atoms with Crippen molar-refractivity contribution >= 4 is 43.6 Å². The van der Waals surface area contributed by atoms with Crippen molar-refractivity contribution < 1.29 is 37.8 Å². The normalized spacial score (nSPS) is 25.4. The Bertz CT molecular complexity index is 1750. The summed E-state index contributed by atoms with van der Waals surface area (Å²) in [5.74, 6) is -0.827. The van der Waals surface area contributed by atoms with E-state index in [0.29, 0.717) is 67.4 Å². The van der Waals surface area contributed by atoms with Crippen LogP contribution in [0.3, 0.4) is 0 Å². The molecule has 4 aliphatic heterocycles. The van der Waals surface area contributed by atoms with E-state index in [1.54, 1.807) is 39.8 Å². The minimum absolute atomic E-state index is 0.0432. The molecule has 0 aliphatic carbocycles. The first-order chi connectivity index (χ1) is 23.0. The van der Waals surface area contributed by atoms with Crippen LogP contribution in [0, 0.1) is 5.92 Å². The molecule has 5 heterocycles. The van der Waals surface area contributed by atoms with Gasteiger partial charge in [-0.2, -0.15) is 0 Å². The molecule has 7 rings (SSSR count). The van der Waals surface area contributed by atoms with Gasteiger partial charge in [0.25, 0.3) is 5.91 Å². The van der Waals surface area contributed by atoms with Gasteiger partial charge in [-0.05, 0) is 55.4 Å². The number of aliphatic hydroxyl groups is 1. The Morgan fingerprint density at radius 2 is 1.73 bits per heavy atom. The number of rotatable bonds is 10. The van der Waals surface area contributed by atoms with Gasteiger partial charge in [0.2, 0.25) is 8.41 Å². The Balaban J connectivity index is 1.26. The van der Waals surface area contributed by atoms with E-state index < -0.39 is 43.8 Å². The first-order valence-electron chi connectivity index (χ1n) is 16.3. The van der Waals surface area contributed by atoms with Gasteiger partial charge in [0.1, 0.15) is 13.2 Å². The quantitative estimate of drug-likeness (QED) is 0.248. The van der Waals surface area contributed by atoms with Crippen molar-refractivity contribution in [2.24, 2.45) is 5.92 Å². The highest BCUT2D eigenvalue weighted by atomic mass is 28.4. The maximum absolute atomic E-state index is 16.4. The Morgan fingerprint density at radius 3 is 2.38 bits per heavy atom. The van der Waals surface area contributed by atoms with Gasteiger partial charge in [0, 0.05) is 54.2 Å². The average molecular weight is 679 g/mol. The smallest absolute Gasteiger partial charge is 0.414 e. The van der Waals surface area contributed by atoms with Crippen LogP contribution in [0.5, 0.6) is 0 Å². The molecule has 4 aliphatic rings. The van der Waals surface area contributed by atoms with Crippen molar-refractivity contribution in [3.05, 3.63) is 65.5 Å². The molecule has 0 radical (unpaired) electrons. The van der Waals surface area contributed by atoms with E-state index >= 15 is 4.11 Å². The molecule has 0 saturated carbocycles. The largest absolute Gasteiger partial charge is 0.447 e. The van der Waals surface area contributed by atoms with Crippen LogP contribution < -0.4 is 14.7 Å². The lowest BCUT2D eigenvalue weighted by Crippen LogP contribution is -2.45. The van der Waals surface area contributed by atoms with Gasteiger partial charge in [0.15, 0.2) is 5.60 Å². The van der Waals surface area contributed by atoms with Crippen molar-refractivity contribution in [2.75, 3.05) is 47.6 Å². The molecular weight excluding hydrogens is 639 g/mol. The monoisotopic (exact) mass is 678 g/mol. The molecule has 48 heavy (non-hydrogen) atoms. The van der Waals surface area contributed by atoms with E-state index in [0.717, 1.165) is 5.56 Å². The van der Waals surface area contributed by atoms with E-state index in [1.807, 2.05) is 43.3 Å². The van der Waals surface area contributed by atoms with Gasteiger partial charge in [0.05, 0.1) is 37.1 Å². The van der Waals surface area contributed by atoms with Gasteiger partial charge in [-0.15, -0.1) is 5.10 Å². The maximum atomic E-state index is 16.4. The van der Waals surface area contributed by atoms with Crippen molar-refractivity contribution in [2.45, 2.75) is 63.2 Å². The summed E-state index contributed by atoms with van der Waals surface area (Å²) >= 11 is 0. The molecule has 0 unspecified atom stereocenters. The lowest BCUT2D eigenvalue weighted by molar-refractivity contribution is -0.146. The van der Waals surface area contributed by atoms with Gasteiger partial charge in [-0.1, -0.05) is 24.3 Å². The number of anilines is 3. The highest BCUT2D eigenvalue weighted by molar-refractivity contribution is 6.72. The number of aromatic nitrogens is 3. The van der Waals surface area contributed by atoms with Crippen molar-refractivity contribution in [3.63, 3.8) is 0 Å². The Labute approximate surface area is 278 Å². The minimum atomic E-state index is -3.42. The molecule has 1 aromatic heterocycles. The molecule has 13 nitrogen and oxygen atoms in total. The number of aliphatic hydroxyl groups excluding tert-OH is 1. The highest BCUT2D eigenvalue weighted by Gasteiger charge is 2.66. The molecule has 2 aromatic carbocycles. The van der Waals surface area contributed by atoms with E-state index in [-0.39, 0.29) is 25.7 Å². The van der Waals surface area contributed by atoms with Gasteiger partial charge >= 0.3 is 12.2 Å². The van der Waals surface area contributed by atoms with Crippen LogP contribution in [-0.2, 0) is 44.1 Å². The number of hydrogen-bond donors (Lipinski definition) is 1. The second kappa shape index (κ2) is 12.3. The molecule has 1 N–H and O–H groups in total. The van der Waals surface area contributed by atoms with Crippen LogP contribution >= 0.6 is 0 Å². The molecular formula is C33H39FN6O7Si. The second-order valence-electron chi connectivity index (χ2n) is 13.3. The number of carbonyl (C=O) groups excluding carboxylic acids is 3. The summed E-state index contributed by atoms with van der Waals surface area (Å²) in [4.78, 5) is 44.5. The summed E-state index contributed by atoms with van der Waals surface area (Å²) in [6.07, 6.45) is 1.05. The number of hydrogen-bond acceptors (Lipinski definition) is 9. The van der Waals surface area contributed by atoms with E-state index in [4.69, 9.17) is 14.2 Å². The third-order valence-electron chi connectivity index (χ3n) is 9.94. The van der Waals surface area contributed by atoms with Gasteiger partial charge in [-0.25, -0.2) is 9.59 Å². The summed E-state index contributed by atoms with van der Waals surface area (Å²) in [6, 6.07) is 12.8. The Morgan fingerprint density at radius 1 is 1.02 bits per heavy atom. The molecule has 15 heteroatoms. The third kappa shape index (κ3) is 5.43. The maximum Gasteiger partial charge on any atom is 0.414 e. The second-order valence-corrected chi connectivity index (χ2v) is 17.1. The molecule has 4 atom stereocenters. The van der Waals surface area contributed by atoms with Crippen LogP contribution in [0.15, 0.2) is 48.7 Å². The van der Waals surface area contributed by atoms with Crippen molar-refractivity contribution in [1.82, 2.24) is 15.0 Å². The summed E-state index contributed by atoms with van der Waals surface area (Å²) in [5, 5.41) is 17.5. The fourth-order valence-electron chi connectivity index (χ4n) is 7.83. The first kappa shape index (κ1) is 32.2. The van der Waals surface area contributed by atoms with Crippen LogP contribution in [0.4, 0.5) is 30.8 Å². The fourth-order valence-corrected chi connectivity index (χ4v) is 10.4. The lowest BCUT2D eigenvalue weighted by atomic mass is 9.82. The number of cyclic esters (lactones) is 2. The number of aryl methyl sites for hydroxylation is 1. The van der Waals surface area contributed by atoms with Crippen LogP contribution in [0.1, 0.15) is 30.2 Å². The third-order valence-corrected chi connectivity index (χ3v) is 12.4. The summed E-state index contributed by atoms with van der Waals surface area (Å²) < 4.78 is 35.3. The minimum Gasteiger partial charge on any atom is -0.447 e. The number of ether oxygens (including phenoxy) is 3. The highest BCUT2D eigenvalue weighted by Crippen LogP contribution is 2.60. The Hall–Kier alpha value is -4.34. The van der Waals surface area contributed by atoms with Crippen molar-refractivity contribution in [1.29, 1.82) is 0 Å². The molecule has 254 valence electrons. The average Bonchev–Trinajstić information content (AvgIpc) is 3.87. The van der Waals surface area contributed by atoms with Crippen LogP contribution in [0.2, 0.25) is 18.6 Å². The standard InChI is InChI=1S/C33H39FN6O7Si/c1-21-29(48(2,3)34)28(9-11-37-20-23(10-14-41)35-36-37)47-33(21)26-18-25(39-13-16-46-32(39)44)7-8-27(26)40(30(33)42)19-22-5-4-6-24(17-22)38-12-15-45-31(38)43/h4-8,17-18,20-21,28-29,41H,9-16,19H2,1-3H3/t21-,28+,29-,33+/m0/s1. The summed E-state index contributed by atoms with van der Waals surface area (Å²) in [7, 11) is -3.42. The van der Waals surface area contributed by atoms with Crippen LogP contribution in [0.25, 0.3) is 0 Å². The number of halogens is 1. The number of carbonyl (C=O) groups is 3. The molecule has 3 saturated heterocycles. The first-order valence-corrected chi connectivity index (χ1v) is 19.3. The molecule has 3 fully saturated rings. The predicted molar refractivity (Wildman–Crippen MR) is 175 cm³/mol. The fraction of sp³-hybridized carbons (Fsp3) is 0.485. The number of fused-ring (bicyclic) bond motifs is 2. The lowest BCUT2D eigenvalue weighted by Gasteiger charge is -2.31. The summed E-state index contributed by atoms with van der Waals surface area (Å²) in [6.45, 7) is 7.12. The number of nitrogens with zero attached hydrogens (tertiary/aromatic N) is 6. The van der Waals surface area contributed by atoms with E-state index in [9.17, 15) is 19.5 Å². The number of benzene rings is 2. The molecule has 3 aromatic rings. The SMILES string of the molecule is C[C@H]1[C@H]([Si](C)(C)F)[C@@H](CCn2cc(CCO)nn2)O[C@]12C(=O)N(Cc1cccc(N3CCOC3=O)c1)c1ccc(N3CCOC3=O)cc12. The van der Waals surface area contributed by atoms with Crippen LogP contribution in [-0.4, -0.2) is 85.6 Å². The van der Waals surface area contributed by atoms with Crippen molar-refractivity contribution in [3.8, 4) is 0 Å². The van der Waals surface area contributed by atoms with Gasteiger partial charge in [-0.3, -0.25) is 19.3 Å². The zero-order chi connectivity index (χ0) is 33.8. The molecule has 1 spiro atoms. The molecule has 0 bridgehead atoms. The Kier molecular flexibility index (Phi) is 8.24. The van der Waals surface area contributed by atoms with Gasteiger partial charge < -0.3 is 28.3 Å². The number of amides is 3.